The Morgan fingerprint density at radius 2 is 2.15 bits per heavy atom. The number of benzene rings is 1. The average Bonchev–Trinajstić information content (AvgIpc) is 2.43. The molecule has 20 heavy (non-hydrogen) atoms. The topological polar surface area (TPSA) is 35.9 Å². The van der Waals surface area contributed by atoms with E-state index in [1.807, 2.05) is 12.1 Å². The lowest BCUT2D eigenvalue weighted by molar-refractivity contribution is 0.0834. The van der Waals surface area contributed by atoms with Crippen LogP contribution in [0.5, 0.6) is 11.5 Å². The predicted molar refractivity (Wildman–Crippen MR) is 81.7 cm³/mol. The second-order valence-electron chi connectivity index (χ2n) is 5.34. The molecule has 5 heteroatoms. The smallest absolute Gasteiger partial charge is 0.176 e. The van der Waals surface area contributed by atoms with Crippen molar-refractivity contribution in [2.75, 3.05) is 33.3 Å². The van der Waals surface area contributed by atoms with Crippen molar-refractivity contribution in [3.63, 3.8) is 0 Å². The van der Waals surface area contributed by atoms with Crippen molar-refractivity contribution in [3.8, 4) is 11.5 Å². The molecule has 1 saturated heterocycles. The summed E-state index contributed by atoms with van der Waals surface area (Å²) in [5.41, 5.74) is 1.07. The summed E-state index contributed by atoms with van der Waals surface area (Å²) in [5.74, 6) is 0.454. The summed E-state index contributed by atoms with van der Waals surface area (Å²) < 4.78 is 5.15. The fourth-order valence-corrected chi connectivity index (χ4v) is 3.05. The lowest BCUT2D eigenvalue weighted by atomic mass is 10.1. The van der Waals surface area contributed by atoms with Gasteiger partial charge in [0.15, 0.2) is 11.5 Å². The largest absolute Gasteiger partial charge is 0.503 e. The minimum absolute atomic E-state index is 0.0158. The Labute approximate surface area is 125 Å². The monoisotopic (exact) mass is 298 g/mol. The molecule has 2 rings (SSSR count). The maximum absolute atomic E-state index is 9.76. The van der Waals surface area contributed by atoms with Crippen molar-refractivity contribution >= 4 is 11.6 Å². The molecule has 1 aromatic rings. The van der Waals surface area contributed by atoms with Crippen LogP contribution in [-0.4, -0.2) is 54.2 Å². The zero-order valence-corrected chi connectivity index (χ0v) is 13.2. The van der Waals surface area contributed by atoms with Crippen molar-refractivity contribution in [3.05, 3.63) is 22.7 Å². The molecular formula is C15H23ClN2O2. The van der Waals surface area contributed by atoms with Crippen LogP contribution in [0, 0.1) is 0 Å². The van der Waals surface area contributed by atoms with Crippen LogP contribution in [-0.2, 0) is 6.54 Å². The number of hydrogen-bond donors (Lipinski definition) is 1. The molecule has 1 unspecified atom stereocenters. The summed E-state index contributed by atoms with van der Waals surface area (Å²) in [7, 11) is 1.54. The Kier molecular flexibility index (Phi) is 5.13. The number of hydrogen-bond acceptors (Lipinski definition) is 4. The van der Waals surface area contributed by atoms with E-state index in [-0.39, 0.29) is 5.75 Å². The van der Waals surface area contributed by atoms with Crippen LogP contribution < -0.4 is 4.74 Å². The van der Waals surface area contributed by atoms with Crippen LogP contribution in [0.25, 0.3) is 0 Å². The molecule has 1 aromatic carbocycles. The molecule has 0 amide bonds. The van der Waals surface area contributed by atoms with Gasteiger partial charge in [-0.3, -0.25) is 9.80 Å². The third kappa shape index (κ3) is 3.37. The van der Waals surface area contributed by atoms with Gasteiger partial charge >= 0.3 is 0 Å². The molecule has 112 valence electrons. The van der Waals surface area contributed by atoms with Crippen molar-refractivity contribution in [1.82, 2.24) is 9.80 Å². The molecule has 1 fully saturated rings. The van der Waals surface area contributed by atoms with Gasteiger partial charge in [0.1, 0.15) is 0 Å². The highest BCUT2D eigenvalue weighted by molar-refractivity contribution is 6.32. The minimum atomic E-state index is 0.0158. The molecule has 0 aromatic heterocycles. The number of likely N-dealkylation sites (N-methyl/N-ethyl adjacent to an activating group) is 1. The van der Waals surface area contributed by atoms with Crippen LogP contribution >= 0.6 is 11.6 Å². The first kappa shape index (κ1) is 15.4. The predicted octanol–water partition coefficient (Wildman–Crippen LogP) is 2.58. The second kappa shape index (κ2) is 6.66. The first-order valence-electron chi connectivity index (χ1n) is 7.07. The fraction of sp³-hybridized carbons (Fsp3) is 0.600. The molecule has 1 atom stereocenters. The Morgan fingerprint density at radius 1 is 1.40 bits per heavy atom. The van der Waals surface area contributed by atoms with Crippen LogP contribution in [0.2, 0.25) is 5.02 Å². The van der Waals surface area contributed by atoms with Crippen molar-refractivity contribution in [1.29, 1.82) is 0 Å². The number of rotatable bonds is 4. The lowest BCUT2D eigenvalue weighted by Crippen LogP contribution is -2.51. The fourth-order valence-electron chi connectivity index (χ4n) is 2.82. The number of aromatic hydroxyl groups is 1. The molecule has 1 heterocycles. The maximum atomic E-state index is 9.76. The molecular weight excluding hydrogens is 276 g/mol. The number of methoxy groups -OCH3 is 1. The summed E-state index contributed by atoms with van der Waals surface area (Å²) in [5, 5.41) is 10.1. The lowest BCUT2D eigenvalue weighted by Gasteiger charge is -2.39. The highest BCUT2D eigenvalue weighted by Gasteiger charge is 2.22. The van der Waals surface area contributed by atoms with E-state index >= 15 is 0 Å². The van der Waals surface area contributed by atoms with Gasteiger partial charge in [-0.1, -0.05) is 18.5 Å². The van der Waals surface area contributed by atoms with Gasteiger partial charge in [-0.25, -0.2) is 0 Å². The minimum Gasteiger partial charge on any atom is -0.503 e. The highest BCUT2D eigenvalue weighted by Crippen LogP contribution is 2.35. The number of phenols is 1. The molecule has 1 aliphatic rings. The molecule has 0 saturated carbocycles. The molecule has 0 radical (unpaired) electrons. The van der Waals surface area contributed by atoms with E-state index < -0.39 is 0 Å². The van der Waals surface area contributed by atoms with Gasteiger partial charge in [0.2, 0.25) is 0 Å². The summed E-state index contributed by atoms with van der Waals surface area (Å²) in [6.07, 6.45) is 0. The first-order chi connectivity index (χ1) is 9.55. The van der Waals surface area contributed by atoms with Crippen LogP contribution in [0.3, 0.4) is 0 Å². The first-order valence-corrected chi connectivity index (χ1v) is 7.44. The summed E-state index contributed by atoms with van der Waals surface area (Å²) >= 11 is 6.03. The van der Waals surface area contributed by atoms with Gasteiger partial charge in [-0.05, 0) is 31.2 Å². The van der Waals surface area contributed by atoms with Gasteiger partial charge in [0.05, 0.1) is 12.1 Å². The van der Waals surface area contributed by atoms with E-state index in [0.29, 0.717) is 16.8 Å². The molecule has 4 nitrogen and oxygen atoms in total. The Hall–Kier alpha value is -0.970. The summed E-state index contributed by atoms with van der Waals surface area (Å²) in [6, 6.07) is 4.25. The van der Waals surface area contributed by atoms with Crippen molar-refractivity contribution in [2.24, 2.45) is 0 Å². The Morgan fingerprint density at radius 3 is 2.75 bits per heavy atom. The highest BCUT2D eigenvalue weighted by atomic mass is 35.5. The molecule has 1 aliphatic heterocycles. The summed E-state index contributed by atoms with van der Waals surface area (Å²) in [4.78, 5) is 4.90. The number of ether oxygens (including phenoxy) is 1. The number of piperazine rings is 1. The van der Waals surface area contributed by atoms with E-state index in [0.717, 1.165) is 38.3 Å². The average molecular weight is 299 g/mol. The van der Waals surface area contributed by atoms with E-state index in [4.69, 9.17) is 16.3 Å². The number of phenolic OH excluding ortho intramolecular Hbond substituents is 1. The quantitative estimate of drug-likeness (QED) is 0.927. The van der Waals surface area contributed by atoms with Gasteiger partial charge < -0.3 is 9.84 Å². The van der Waals surface area contributed by atoms with Gasteiger partial charge in [0.25, 0.3) is 0 Å². The van der Waals surface area contributed by atoms with Crippen molar-refractivity contribution in [2.45, 2.75) is 26.4 Å². The molecule has 0 aliphatic carbocycles. The zero-order valence-electron chi connectivity index (χ0n) is 12.4. The molecule has 0 bridgehead atoms. The third-order valence-electron chi connectivity index (χ3n) is 3.97. The van der Waals surface area contributed by atoms with Gasteiger partial charge in [-0.15, -0.1) is 0 Å². The van der Waals surface area contributed by atoms with Crippen LogP contribution in [0.4, 0.5) is 0 Å². The SMILES string of the molecule is CCN1CCN(Cc2cc(Cl)c(O)c(OC)c2)CC1C. The van der Waals surface area contributed by atoms with Gasteiger partial charge in [0, 0.05) is 32.2 Å². The number of nitrogens with zero attached hydrogens (tertiary/aromatic N) is 2. The Balaban J connectivity index is 2.06. The van der Waals surface area contributed by atoms with E-state index in [2.05, 4.69) is 23.6 Å². The molecule has 1 N–H and O–H groups in total. The van der Waals surface area contributed by atoms with E-state index in [1.165, 1.54) is 7.11 Å². The van der Waals surface area contributed by atoms with Gasteiger partial charge in [-0.2, -0.15) is 0 Å². The third-order valence-corrected chi connectivity index (χ3v) is 4.26. The van der Waals surface area contributed by atoms with E-state index in [1.54, 1.807) is 0 Å². The van der Waals surface area contributed by atoms with Crippen LogP contribution in [0.1, 0.15) is 19.4 Å². The second-order valence-corrected chi connectivity index (χ2v) is 5.75. The molecule has 0 spiro atoms. The number of halogens is 1. The maximum Gasteiger partial charge on any atom is 0.176 e. The Bertz CT molecular complexity index is 467. The summed E-state index contributed by atoms with van der Waals surface area (Å²) in [6.45, 7) is 9.61. The standard InChI is InChI=1S/C15H23ClN2O2/c1-4-18-6-5-17(9-11(18)2)10-12-7-13(16)15(19)14(8-12)20-3/h7-8,11,19H,4-6,9-10H2,1-3H3. The van der Waals surface area contributed by atoms with E-state index in [9.17, 15) is 5.11 Å². The van der Waals surface area contributed by atoms with Crippen LogP contribution in [0.15, 0.2) is 12.1 Å². The normalized spacial score (nSPS) is 21.1. The zero-order chi connectivity index (χ0) is 14.7. The van der Waals surface area contributed by atoms with Crippen molar-refractivity contribution < 1.29 is 9.84 Å².